The molecule has 1 aromatic heterocycles. The number of amides is 1. The number of ether oxygens (including phenoxy) is 1. The van der Waals surface area contributed by atoms with E-state index in [9.17, 15) is 32.6 Å². The number of nitrogens with one attached hydrogen (secondary N) is 1. The lowest BCUT2D eigenvalue weighted by Gasteiger charge is -2.32. The molecule has 0 saturated carbocycles. The van der Waals surface area contributed by atoms with E-state index in [4.69, 9.17) is 16.3 Å². The number of aromatic nitrogens is 1. The molecule has 0 aliphatic heterocycles. The second kappa shape index (κ2) is 9.08. The highest BCUT2D eigenvalue weighted by atomic mass is 35.5. The van der Waals surface area contributed by atoms with Crippen molar-refractivity contribution in [3.05, 3.63) is 52.4 Å². The van der Waals surface area contributed by atoms with Crippen molar-refractivity contribution in [2.24, 2.45) is 0 Å². The van der Waals surface area contributed by atoms with Crippen LogP contribution in [0.3, 0.4) is 0 Å². The maximum atomic E-state index is 14.1. The molecule has 2 rings (SSSR count). The molecule has 2 aromatic rings. The van der Waals surface area contributed by atoms with E-state index in [-0.39, 0.29) is 21.8 Å². The third-order valence-electron chi connectivity index (χ3n) is 4.51. The molecule has 1 aromatic carbocycles. The molecular weight excluding hydrogens is 468 g/mol. The van der Waals surface area contributed by atoms with E-state index in [1.807, 2.05) is 5.32 Å². The number of alkyl halides is 3. The first-order valence-electron chi connectivity index (χ1n) is 9.81. The summed E-state index contributed by atoms with van der Waals surface area (Å²) in [6.45, 7) is 5.82. The molecule has 1 amide bonds. The monoisotopic (exact) mass is 492 g/mol. The predicted octanol–water partition coefficient (Wildman–Crippen LogP) is 5.04. The zero-order valence-electron chi connectivity index (χ0n) is 18.6. The minimum absolute atomic E-state index is 0.151. The topological polar surface area (TPSA) is 91.7 Å². The number of pyridine rings is 1. The zero-order chi connectivity index (χ0) is 25.4. The number of nitrogens with zero attached hydrogens (tertiary/aromatic N) is 1. The van der Waals surface area contributed by atoms with Crippen molar-refractivity contribution in [2.45, 2.75) is 57.6 Å². The minimum Gasteiger partial charge on any atom is -0.444 e. The Morgan fingerprint density at radius 3 is 2.09 bits per heavy atom. The SMILES string of the molecule is CC(C)(C)OC(=O)NCC(O)(c1cc(C(C)(C)O)c(Cl)c(-c2ccc(F)cc2)n1)C(F)(F)F. The summed E-state index contributed by atoms with van der Waals surface area (Å²) in [5.41, 5.74) is -7.52. The van der Waals surface area contributed by atoms with Gasteiger partial charge in [0.2, 0.25) is 5.60 Å². The van der Waals surface area contributed by atoms with Crippen LogP contribution in [0.2, 0.25) is 5.02 Å². The lowest BCUT2D eigenvalue weighted by molar-refractivity contribution is -0.265. The fraction of sp³-hybridized carbons (Fsp3) is 0.455. The average molecular weight is 493 g/mol. The standard InChI is InChI=1S/C22H25ClF4N2O4/c1-19(2,3)33-18(30)28-11-21(32,22(25,26)27)15-10-14(20(4,5)31)16(23)17(29-15)12-6-8-13(24)9-7-12/h6-10,31-32H,11H2,1-5H3,(H,28,30). The fourth-order valence-electron chi connectivity index (χ4n) is 2.84. The van der Waals surface area contributed by atoms with Crippen molar-refractivity contribution in [1.82, 2.24) is 10.3 Å². The molecule has 0 spiro atoms. The maximum Gasteiger partial charge on any atom is 0.424 e. The largest absolute Gasteiger partial charge is 0.444 e. The predicted molar refractivity (Wildman–Crippen MR) is 114 cm³/mol. The third kappa shape index (κ3) is 6.33. The second-order valence-electron chi connectivity index (χ2n) is 9.00. The van der Waals surface area contributed by atoms with E-state index in [0.717, 1.165) is 18.2 Å². The Kier molecular flexibility index (Phi) is 7.38. The van der Waals surface area contributed by atoms with E-state index in [0.29, 0.717) is 0 Å². The molecule has 3 N–H and O–H groups in total. The molecule has 1 heterocycles. The van der Waals surface area contributed by atoms with Gasteiger partial charge in [-0.1, -0.05) is 11.6 Å². The van der Waals surface area contributed by atoms with Gasteiger partial charge in [0.1, 0.15) is 11.4 Å². The molecule has 0 aliphatic carbocycles. The lowest BCUT2D eigenvalue weighted by Crippen LogP contribution is -2.52. The number of alkyl carbamates (subject to hydrolysis) is 1. The number of hydrogen-bond donors (Lipinski definition) is 3. The summed E-state index contributed by atoms with van der Waals surface area (Å²) in [4.78, 5) is 15.8. The number of aliphatic hydroxyl groups is 2. The molecule has 1 atom stereocenters. The second-order valence-corrected chi connectivity index (χ2v) is 9.37. The normalized spacial score (nSPS) is 14.5. The van der Waals surface area contributed by atoms with Crippen LogP contribution in [0.1, 0.15) is 45.9 Å². The van der Waals surface area contributed by atoms with Crippen LogP contribution in [0.15, 0.2) is 30.3 Å². The van der Waals surface area contributed by atoms with Crippen LogP contribution in [0, 0.1) is 5.82 Å². The number of carbonyl (C=O) groups excluding carboxylic acids is 1. The van der Waals surface area contributed by atoms with Crippen molar-refractivity contribution < 1.29 is 37.3 Å². The maximum absolute atomic E-state index is 14.1. The van der Waals surface area contributed by atoms with Gasteiger partial charge in [-0.05, 0) is 65.0 Å². The molecule has 1 unspecified atom stereocenters. The van der Waals surface area contributed by atoms with Crippen molar-refractivity contribution >= 4 is 17.7 Å². The molecular formula is C22H25ClF4N2O4. The van der Waals surface area contributed by atoms with Gasteiger partial charge in [0.05, 0.1) is 28.6 Å². The Bertz CT molecular complexity index is 1020. The zero-order valence-corrected chi connectivity index (χ0v) is 19.4. The highest BCUT2D eigenvalue weighted by molar-refractivity contribution is 6.34. The third-order valence-corrected chi connectivity index (χ3v) is 4.90. The molecule has 0 radical (unpaired) electrons. The van der Waals surface area contributed by atoms with Gasteiger partial charge in [-0.3, -0.25) is 0 Å². The summed E-state index contributed by atoms with van der Waals surface area (Å²) < 4.78 is 60.5. The Labute approximate surface area is 193 Å². The summed E-state index contributed by atoms with van der Waals surface area (Å²) in [5.74, 6) is -0.595. The smallest absolute Gasteiger partial charge is 0.424 e. The first-order chi connectivity index (χ1) is 14.8. The Balaban J connectivity index is 2.66. The molecule has 0 fully saturated rings. The molecule has 0 bridgehead atoms. The van der Waals surface area contributed by atoms with E-state index < -0.39 is 47.1 Å². The number of rotatable bonds is 5. The van der Waals surface area contributed by atoms with Gasteiger partial charge in [-0.15, -0.1) is 0 Å². The van der Waals surface area contributed by atoms with Gasteiger partial charge in [-0.25, -0.2) is 14.2 Å². The van der Waals surface area contributed by atoms with E-state index >= 15 is 0 Å². The Morgan fingerprint density at radius 1 is 1.09 bits per heavy atom. The summed E-state index contributed by atoms with van der Waals surface area (Å²) in [6.07, 6.45) is -6.47. The van der Waals surface area contributed by atoms with Crippen molar-refractivity contribution in [1.29, 1.82) is 0 Å². The molecule has 0 aliphatic rings. The average Bonchev–Trinajstić information content (AvgIpc) is 2.64. The van der Waals surface area contributed by atoms with Crippen LogP contribution < -0.4 is 5.32 Å². The van der Waals surface area contributed by atoms with Crippen molar-refractivity contribution in [3.63, 3.8) is 0 Å². The number of halogens is 5. The Hall–Kier alpha value is -2.43. The lowest BCUT2D eigenvalue weighted by atomic mass is 9.90. The van der Waals surface area contributed by atoms with Crippen LogP contribution in [0.25, 0.3) is 11.3 Å². The summed E-state index contributed by atoms with van der Waals surface area (Å²) in [5, 5.41) is 22.9. The number of carbonyl (C=O) groups is 1. The van der Waals surface area contributed by atoms with Crippen molar-refractivity contribution in [2.75, 3.05) is 6.54 Å². The Morgan fingerprint density at radius 2 is 1.64 bits per heavy atom. The molecule has 182 valence electrons. The minimum atomic E-state index is -5.29. The molecule has 11 heteroatoms. The molecule has 0 saturated heterocycles. The van der Waals surface area contributed by atoms with Gasteiger partial charge in [-0.2, -0.15) is 13.2 Å². The van der Waals surface area contributed by atoms with Crippen LogP contribution in [0.5, 0.6) is 0 Å². The first kappa shape index (κ1) is 26.8. The summed E-state index contributed by atoms with van der Waals surface area (Å²) >= 11 is 6.34. The van der Waals surface area contributed by atoms with E-state index in [1.54, 1.807) is 0 Å². The molecule has 6 nitrogen and oxygen atoms in total. The van der Waals surface area contributed by atoms with Crippen LogP contribution in [-0.4, -0.2) is 39.6 Å². The van der Waals surface area contributed by atoms with E-state index in [2.05, 4.69) is 4.98 Å². The van der Waals surface area contributed by atoms with Gasteiger partial charge in [0.25, 0.3) is 0 Å². The van der Waals surface area contributed by atoms with Gasteiger partial charge < -0.3 is 20.3 Å². The molecule has 33 heavy (non-hydrogen) atoms. The quantitative estimate of drug-likeness (QED) is 0.508. The highest BCUT2D eigenvalue weighted by Crippen LogP contribution is 2.42. The van der Waals surface area contributed by atoms with Gasteiger partial charge in [0, 0.05) is 11.1 Å². The van der Waals surface area contributed by atoms with Crippen LogP contribution >= 0.6 is 11.6 Å². The number of benzene rings is 1. The first-order valence-corrected chi connectivity index (χ1v) is 10.2. The van der Waals surface area contributed by atoms with Crippen LogP contribution in [0.4, 0.5) is 22.4 Å². The van der Waals surface area contributed by atoms with Crippen LogP contribution in [-0.2, 0) is 15.9 Å². The summed E-state index contributed by atoms with van der Waals surface area (Å²) in [7, 11) is 0. The fourth-order valence-corrected chi connectivity index (χ4v) is 3.27. The number of hydrogen-bond acceptors (Lipinski definition) is 5. The highest BCUT2D eigenvalue weighted by Gasteiger charge is 2.57. The summed E-state index contributed by atoms with van der Waals surface area (Å²) in [6, 6.07) is 5.42. The van der Waals surface area contributed by atoms with Gasteiger partial charge in [0.15, 0.2) is 0 Å². The van der Waals surface area contributed by atoms with Crippen molar-refractivity contribution in [3.8, 4) is 11.3 Å². The van der Waals surface area contributed by atoms with Gasteiger partial charge >= 0.3 is 12.3 Å². The van der Waals surface area contributed by atoms with E-state index in [1.165, 1.54) is 46.8 Å².